The van der Waals surface area contributed by atoms with Crippen molar-refractivity contribution in [1.29, 1.82) is 0 Å². The molecule has 0 saturated heterocycles. The second-order valence-electron chi connectivity index (χ2n) is 4.04. The Balaban J connectivity index is 1.97. The van der Waals surface area contributed by atoms with E-state index in [0.717, 1.165) is 9.27 Å². The summed E-state index contributed by atoms with van der Waals surface area (Å²) >= 11 is 3.28. The molecule has 0 aliphatic heterocycles. The van der Waals surface area contributed by atoms with Gasteiger partial charge in [-0.2, -0.15) is 18.0 Å². The van der Waals surface area contributed by atoms with Crippen molar-refractivity contribution < 1.29 is 18.0 Å². The zero-order valence-electron chi connectivity index (χ0n) is 10.4. The lowest BCUT2D eigenvalue weighted by atomic mass is 10.2. The fourth-order valence-corrected chi connectivity index (χ4v) is 1.67. The summed E-state index contributed by atoms with van der Waals surface area (Å²) in [5.41, 5.74) is 0.681. The lowest BCUT2D eigenvalue weighted by Gasteiger charge is -2.07. The minimum atomic E-state index is -4.45. The molecule has 21 heavy (non-hydrogen) atoms. The maximum Gasteiger partial charge on any atom is 0.405 e. The molecule has 1 amide bonds. The Hall–Kier alpha value is -1.97. The molecule has 0 spiro atoms. The van der Waals surface area contributed by atoms with Crippen LogP contribution in [0.4, 0.5) is 13.2 Å². The summed E-state index contributed by atoms with van der Waals surface area (Å²) in [6.07, 6.45) is -4.45. The Bertz CT molecular complexity index is 626. The van der Waals surface area contributed by atoms with Crippen LogP contribution < -0.4 is 5.32 Å². The highest BCUT2D eigenvalue weighted by atomic mass is 79.9. The van der Waals surface area contributed by atoms with E-state index in [2.05, 4.69) is 31.3 Å². The molecular formula is C11H9BrF3N5O. The van der Waals surface area contributed by atoms with Crippen molar-refractivity contribution >= 4 is 21.8 Å². The van der Waals surface area contributed by atoms with Crippen LogP contribution in [0, 0.1) is 0 Å². The van der Waals surface area contributed by atoms with Gasteiger partial charge in [-0.15, -0.1) is 10.2 Å². The number of carbonyl (C=O) groups excluding carboxylic acids is 1. The molecule has 0 radical (unpaired) electrons. The molecule has 10 heteroatoms. The minimum absolute atomic E-state index is 0.283. The van der Waals surface area contributed by atoms with Gasteiger partial charge in [0.1, 0.15) is 13.1 Å². The van der Waals surface area contributed by atoms with Gasteiger partial charge in [0.15, 0.2) is 0 Å². The summed E-state index contributed by atoms with van der Waals surface area (Å²) in [5.74, 6) is -0.557. The summed E-state index contributed by atoms with van der Waals surface area (Å²) in [6.45, 7) is -1.82. The summed E-state index contributed by atoms with van der Waals surface area (Å²) in [7, 11) is 0. The zero-order chi connectivity index (χ0) is 15.5. The number of aromatic nitrogens is 4. The Morgan fingerprint density at radius 3 is 2.57 bits per heavy atom. The van der Waals surface area contributed by atoms with Gasteiger partial charge in [0.05, 0.1) is 0 Å². The van der Waals surface area contributed by atoms with Crippen molar-refractivity contribution in [3.63, 3.8) is 0 Å². The highest BCUT2D eigenvalue weighted by molar-refractivity contribution is 9.10. The largest absolute Gasteiger partial charge is 0.405 e. The Kier molecular flexibility index (Phi) is 4.56. The number of halogens is 4. The van der Waals surface area contributed by atoms with E-state index < -0.39 is 25.2 Å². The third-order valence-corrected chi connectivity index (χ3v) is 2.85. The van der Waals surface area contributed by atoms with Crippen LogP contribution in [0.3, 0.4) is 0 Å². The van der Waals surface area contributed by atoms with E-state index in [0.29, 0.717) is 5.56 Å². The normalized spacial score (nSPS) is 11.4. The number of tetrazole rings is 1. The van der Waals surface area contributed by atoms with Gasteiger partial charge >= 0.3 is 6.18 Å². The van der Waals surface area contributed by atoms with Gasteiger partial charge in [0.25, 0.3) is 0 Å². The van der Waals surface area contributed by atoms with Gasteiger partial charge in [-0.3, -0.25) is 4.79 Å². The zero-order valence-corrected chi connectivity index (χ0v) is 12.0. The SMILES string of the molecule is O=C(Cn1nnc(-c2ccc(Br)cc2)n1)NCC(F)(F)F. The fraction of sp³-hybridized carbons (Fsp3) is 0.273. The molecule has 1 aromatic heterocycles. The number of nitrogens with one attached hydrogen (secondary N) is 1. The van der Waals surface area contributed by atoms with E-state index in [1.54, 1.807) is 29.6 Å². The molecular weight excluding hydrogens is 355 g/mol. The lowest BCUT2D eigenvalue weighted by molar-refractivity contribution is -0.139. The van der Waals surface area contributed by atoms with Gasteiger partial charge in [-0.25, -0.2) is 0 Å². The first-order valence-electron chi connectivity index (χ1n) is 5.71. The van der Waals surface area contributed by atoms with Gasteiger partial charge in [-0.1, -0.05) is 15.9 Å². The van der Waals surface area contributed by atoms with Gasteiger partial charge < -0.3 is 5.32 Å². The first-order chi connectivity index (χ1) is 9.83. The predicted molar refractivity (Wildman–Crippen MR) is 70.0 cm³/mol. The van der Waals surface area contributed by atoms with Crippen LogP contribution in [0.5, 0.6) is 0 Å². The molecule has 1 aromatic carbocycles. The van der Waals surface area contributed by atoms with Crippen LogP contribution in [-0.4, -0.2) is 38.8 Å². The molecule has 0 atom stereocenters. The number of alkyl halides is 3. The Morgan fingerprint density at radius 2 is 1.95 bits per heavy atom. The lowest BCUT2D eigenvalue weighted by Crippen LogP contribution is -2.36. The molecule has 0 unspecified atom stereocenters. The molecule has 0 aliphatic carbocycles. The van der Waals surface area contributed by atoms with Crippen LogP contribution in [-0.2, 0) is 11.3 Å². The summed E-state index contributed by atoms with van der Waals surface area (Å²) in [6, 6.07) is 7.06. The number of carbonyl (C=O) groups is 1. The maximum atomic E-state index is 11.9. The highest BCUT2D eigenvalue weighted by Gasteiger charge is 2.27. The summed E-state index contributed by atoms with van der Waals surface area (Å²) in [4.78, 5) is 12.2. The third-order valence-electron chi connectivity index (χ3n) is 2.33. The quantitative estimate of drug-likeness (QED) is 0.898. The molecule has 6 nitrogen and oxygen atoms in total. The van der Waals surface area contributed by atoms with Crippen molar-refractivity contribution in [1.82, 2.24) is 25.5 Å². The van der Waals surface area contributed by atoms with Crippen LogP contribution in [0.2, 0.25) is 0 Å². The van der Waals surface area contributed by atoms with Crippen LogP contribution in [0.25, 0.3) is 11.4 Å². The second kappa shape index (κ2) is 6.20. The van der Waals surface area contributed by atoms with Gasteiger partial charge in [0, 0.05) is 10.0 Å². The van der Waals surface area contributed by atoms with Crippen molar-refractivity contribution in [2.75, 3.05) is 6.54 Å². The predicted octanol–water partition coefficient (Wildman–Crippen LogP) is 1.78. The van der Waals surface area contributed by atoms with E-state index in [1.807, 2.05) is 0 Å². The van der Waals surface area contributed by atoms with Crippen LogP contribution in [0.15, 0.2) is 28.7 Å². The number of amides is 1. The topological polar surface area (TPSA) is 72.7 Å². The van der Waals surface area contributed by atoms with E-state index >= 15 is 0 Å². The average molecular weight is 364 g/mol. The van der Waals surface area contributed by atoms with Crippen molar-refractivity contribution in [3.05, 3.63) is 28.7 Å². The standard InChI is InChI=1S/C11H9BrF3N5O/c12-8-3-1-7(2-4-8)10-17-19-20(18-10)5-9(21)16-6-11(13,14)15/h1-4H,5-6H2,(H,16,21). The van der Waals surface area contributed by atoms with E-state index in [4.69, 9.17) is 0 Å². The second-order valence-corrected chi connectivity index (χ2v) is 4.96. The van der Waals surface area contributed by atoms with E-state index in [9.17, 15) is 18.0 Å². The number of benzene rings is 1. The number of rotatable bonds is 4. The summed E-state index contributed by atoms with van der Waals surface area (Å²) < 4.78 is 36.7. The maximum absolute atomic E-state index is 11.9. The monoisotopic (exact) mass is 363 g/mol. The van der Waals surface area contributed by atoms with Gasteiger partial charge in [-0.05, 0) is 29.5 Å². The molecule has 0 aliphatic rings. The van der Waals surface area contributed by atoms with Crippen LogP contribution in [0.1, 0.15) is 0 Å². The first-order valence-corrected chi connectivity index (χ1v) is 6.50. The molecule has 0 fully saturated rings. The van der Waals surface area contributed by atoms with Crippen molar-refractivity contribution in [2.24, 2.45) is 0 Å². The fourth-order valence-electron chi connectivity index (χ4n) is 1.41. The minimum Gasteiger partial charge on any atom is -0.345 e. The smallest absolute Gasteiger partial charge is 0.345 e. The highest BCUT2D eigenvalue weighted by Crippen LogP contribution is 2.17. The first kappa shape index (κ1) is 15.4. The molecule has 0 bridgehead atoms. The summed E-state index contributed by atoms with van der Waals surface area (Å²) in [5, 5.41) is 13.0. The van der Waals surface area contributed by atoms with Gasteiger partial charge in [0.2, 0.25) is 11.7 Å². The van der Waals surface area contributed by atoms with Crippen LogP contribution >= 0.6 is 15.9 Å². The molecule has 1 heterocycles. The van der Waals surface area contributed by atoms with Crippen molar-refractivity contribution in [2.45, 2.75) is 12.7 Å². The number of hydrogen-bond donors (Lipinski definition) is 1. The van der Waals surface area contributed by atoms with Crippen molar-refractivity contribution in [3.8, 4) is 11.4 Å². The van der Waals surface area contributed by atoms with E-state index in [1.165, 1.54) is 0 Å². The third kappa shape index (κ3) is 4.81. The molecule has 2 rings (SSSR count). The Labute approximate surface area is 125 Å². The molecule has 112 valence electrons. The number of hydrogen-bond acceptors (Lipinski definition) is 4. The van der Waals surface area contributed by atoms with E-state index in [-0.39, 0.29) is 5.82 Å². The molecule has 0 saturated carbocycles. The molecule has 1 N–H and O–H groups in total. The Morgan fingerprint density at radius 1 is 1.29 bits per heavy atom. The molecule has 2 aromatic rings. The average Bonchev–Trinajstić information content (AvgIpc) is 2.85. The number of nitrogens with zero attached hydrogens (tertiary/aromatic N) is 4.